The highest BCUT2D eigenvalue weighted by atomic mass is 32.2. The second kappa shape index (κ2) is 6.27. The van der Waals surface area contributed by atoms with Crippen LogP contribution in [0.3, 0.4) is 0 Å². The minimum atomic E-state index is -0.822. The van der Waals surface area contributed by atoms with Gasteiger partial charge in [0.05, 0.1) is 11.3 Å². The van der Waals surface area contributed by atoms with E-state index in [1.807, 2.05) is 24.3 Å². The fourth-order valence-corrected chi connectivity index (χ4v) is 3.32. The molecule has 0 bridgehead atoms. The van der Waals surface area contributed by atoms with Crippen LogP contribution >= 0.6 is 11.8 Å². The molecule has 2 aromatic rings. The largest absolute Gasteiger partial charge is 0.383 e. The number of amides is 3. The highest BCUT2D eigenvalue weighted by Crippen LogP contribution is 2.20. The third kappa shape index (κ3) is 3.14. The van der Waals surface area contributed by atoms with Crippen LogP contribution in [0.5, 0.6) is 0 Å². The summed E-state index contributed by atoms with van der Waals surface area (Å²) in [5.41, 5.74) is 5.96. The van der Waals surface area contributed by atoms with E-state index in [0.717, 1.165) is 10.9 Å². The van der Waals surface area contributed by atoms with E-state index in [9.17, 15) is 9.59 Å². The number of para-hydroxylation sites is 1. The van der Waals surface area contributed by atoms with E-state index in [4.69, 9.17) is 5.73 Å². The Morgan fingerprint density at radius 2 is 2.00 bits per heavy atom. The quantitative estimate of drug-likeness (QED) is 0.633. The van der Waals surface area contributed by atoms with Crippen molar-refractivity contribution in [3.63, 3.8) is 0 Å². The molecule has 3 amide bonds. The third-order valence-corrected chi connectivity index (χ3v) is 4.75. The lowest BCUT2D eigenvalue weighted by molar-refractivity contribution is -0.130. The molecule has 0 radical (unpaired) electrons. The normalized spacial score (nSPS) is 16.7. The number of benzene rings is 1. The number of rotatable bonds is 5. The number of anilines is 1. The smallest absolute Gasteiger partial charge is 0.325 e. The second-order valence-corrected chi connectivity index (χ2v) is 7.21. The predicted octanol–water partition coefficient (Wildman–Crippen LogP) is 1.78. The van der Waals surface area contributed by atoms with Crippen molar-refractivity contribution in [2.75, 3.05) is 18.0 Å². The van der Waals surface area contributed by atoms with Crippen molar-refractivity contribution < 1.29 is 9.59 Å². The highest BCUT2D eigenvalue weighted by Gasteiger charge is 2.43. The lowest BCUT2D eigenvalue weighted by atomic mass is 10.1. The average Bonchev–Trinajstić information content (AvgIpc) is 2.72. The Balaban J connectivity index is 1.58. The van der Waals surface area contributed by atoms with E-state index in [1.165, 1.54) is 4.90 Å². The molecule has 1 fully saturated rings. The summed E-state index contributed by atoms with van der Waals surface area (Å²) in [7, 11) is 0. The fourth-order valence-electron chi connectivity index (χ4n) is 2.56. The number of carbonyl (C=O) groups is 2. The van der Waals surface area contributed by atoms with E-state index < -0.39 is 5.54 Å². The molecule has 1 saturated heterocycles. The van der Waals surface area contributed by atoms with Gasteiger partial charge in [-0.05, 0) is 26.0 Å². The Kier molecular flexibility index (Phi) is 4.31. The first-order chi connectivity index (χ1) is 11.4. The number of carbonyl (C=O) groups excluding carboxylic acids is 2. The maximum Gasteiger partial charge on any atom is 0.325 e. The molecule has 8 heteroatoms. The van der Waals surface area contributed by atoms with E-state index in [0.29, 0.717) is 29.7 Å². The van der Waals surface area contributed by atoms with Crippen molar-refractivity contribution >= 4 is 40.4 Å². The van der Waals surface area contributed by atoms with E-state index in [-0.39, 0.29) is 11.9 Å². The number of nitrogens with zero attached hydrogens (tertiary/aromatic N) is 3. The Morgan fingerprint density at radius 3 is 2.71 bits per heavy atom. The first-order valence-electron chi connectivity index (χ1n) is 7.61. The molecule has 3 rings (SSSR count). The third-order valence-electron chi connectivity index (χ3n) is 3.81. The average molecular weight is 345 g/mol. The van der Waals surface area contributed by atoms with Crippen molar-refractivity contribution in [1.29, 1.82) is 0 Å². The summed E-state index contributed by atoms with van der Waals surface area (Å²) in [5.74, 6) is 2.10. The van der Waals surface area contributed by atoms with Crippen LogP contribution in [0.4, 0.5) is 10.6 Å². The SMILES string of the molecule is CC1(C)NC(=O)N(CCSCc2nc(N)c3ccccc3n2)C1=O. The van der Waals surface area contributed by atoms with Gasteiger partial charge in [-0.1, -0.05) is 12.1 Å². The standard InChI is InChI=1S/C16H19N5O2S/c1-16(2)14(22)21(15(23)20-16)7-8-24-9-12-18-11-6-4-3-5-10(11)13(17)19-12/h3-6H,7-9H2,1-2H3,(H,20,23)(H2,17,18,19). The summed E-state index contributed by atoms with van der Waals surface area (Å²) >= 11 is 1.56. The second-order valence-electron chi connectivity index (χ2n) is 6.11. The molecule has 126 valence electrons. The summed E-state index contributed by atoms with van der Waals surface area (Å²) in [6.45, 7) is 3.76. The zero-order valence-corrected chi connectivity index (χ0v) is 14.4. The Morgan fingerprint density at radius 1 is 1.25 bits per heavy atom. The Bertz CT molecular complexity index is 808. The number of hydrogen-bond donors (Lipinski definition) is 2. The summed E-state index contributed by atoms with van der Waals surface area (Å²) < 4.78 is 0. The molecule has 2 heterocycles. The van der Waals surface area contributed by atoms with Gasteiger partial charge in [-0.25, -0.2) is 14.8 Å². The molecule has 0 spiro atoms. The van der Waals surface area contributed by atoms with Gasteiger partial charge >= 0.3 is 6.03 Å². The van der Waals surface area contributed by atoms with Crippen LogP contribution in [-0.2, 0) is 10.5 Å². The molecule has 0 unspecified atom stereocenters. The number of hydrogen-bond acceptors (Lipinski definition) is 6. The summed E-state index contributed by atoms with van der Waals surface area (Å²) in [4.78, 5) is 33.9. The Hall–Kier alpha value is -2.35. The molecule has 0 aliphatic carbocycles. The number of urea groups is 1. The molecular formula is C16H19N5O2S. The number of nitrogen functional groups attached to an aromatic ring is 1. The van der Waals surface area contributed by atoms with Crippen LogP contribution in [-0.4, -0.2) is 44.6 Å². The maximum atomic E-state index is 12.1. The lowest BCUT2D eigenvalue weighted by Crippen LogP contribution is -2.40. The van der Waals surface area contributed by atoms with Gasteiger partial charge in [0.25, 0.3) is 5.91 Å². The van der Waals surface area contributed by atoms with Gasteiger partial charge in [0, 0.05) is 17.7 Å². The number of nitrogens with one attached hydrogen (secondary N) is 1. The number of aromatic nitrogens is 2. The van der Waals surface area contributed by atoms with Gasteiger partial charge in [-0.3, -0.25) is 9.69 Å². The number of nitrogens with two attached hydrogens (primary N) is 1. The molecule has 24 heavy (non-hydrogen) atoms. The molecule has 1 aromatic heterocycles. The molecule has 1 aromatic carbocycles. The first kappa shape index (κ1) is 16.5. The monoisotopic (exact) mass is 345 g/mol. The highest BCUT2D eigenvalue weighted by molar-refractivity contribution is 7.98. The summed E-state index contributed by atoms with van der Waals surface area (Å²) in [6.07, 6.45) is 0. The van der Waals surface area contributed by atoms with Crippen LogP contribution in [0.1, 0.15) is 19.7 Å². The van der Waals surface area contributed by atoms with E-state index in [2.05, 4.69) is 15.3 Å². The summed E-state index contributed by atoms with van der Waals surface area (Å²) in [6, 6.07) is 7.26. The minimum absolute atomic E-state index is 0.195. The van der Waals surface area contributed by atoms with Crippen LogP contribution in [0.2, 0.25) is 0 Å². The topological polar surface area (TPSA) is 101 Å². The van der Waals surface area contributed by atoms with Crippen molar-refractivity contribution in [3.8, 4) is 0 Å². The van der Waals surface area contributed by atoms with Crippen LogP contribution in [0.25, 0.3) is 10.9 Å². The molecule has 0 atom stereocenters. The number of thioether (sulfide) groups is 1. The first-order valence-corrected chi connectivity index (χ1v) is 8.77. The fraction of sp³-hybridized carbons (Fsp3) is 0.375. The molecule has 0 saturated carbocycles. The van der Waals surface area contributed by atoms with Crippen LogP contribution < -0.4 is 11.1 Å². The number of imide groups is 1. The van der Waals surface area contributed by atoms with Gasteiger partial charge in [-0.2, -0.15) is 11.8 Å². The molecule has 7 nitrogen and oxygen atoms in total. The van der Waals surface area contributed by atoms with Crippen molar-refractivity contribution in [1.82, 2.24) is 20.2 Å². The van der Waals surface area contributed by atoms with Gasteiger partial charge in [0.1, 0.15) is 17.2 Å². The number of fused-ring (bicyclic) bond motifs is 1. The van der Waals surface area contributed by atoms with Gasteiger partial charge < -0.3 is 11.1 Å². The molecular weight excluding hydrogens is 326 g/mol. The van der Waals surface area contributed by atoms with Crippen LogP contribution in [0.15, 0.2) is 24.3 Å². The molecule has 1 aliphatic rings. The predicted molar refractivity (Wildman–Crippen MR) is 94.4 cm³/mol. The lowest BCUT2D eigenvalue weighted by Gasteiger charge is -2.15. The van der Waals surface area contributed by atoms with Crippen molar-refractivity contribution in [2.45, 2.75) is 25.1 Å². The van der Waals surface area contributed by atoms with E-state index in [1.54, 1.807) is 25.6 Å². The zero-order chi connectivity index (χ0) is 17.3. The summed E-state index contributed by atoms with van der Waals surface area (Å²) in [5, 5.41) is 3.51. The van der Waals surface area contributed by atoms with Crippen molar-refractivity contribution in [3.05, 3.63) is 30.1 Å². The zero-order valence-electron chi connectivity index (χ0n) is 13.6. The van der Waals surface area contributed by atoms with Gasteiger partial charge in [-0.15, -0.1) is 0 Å². The van der Waals surface area contributed by atoms with Crippen molar-refractivity contribution in [2.24, 2.45) is 0 Å². The minimum Gasteiger partial charge on any atom is -0.383 e. The van der Waals surface area contributed by atoms with Crippen LogP contribution in [0, 0.1) is 0 Å². The van der Waals surface area contributed by atoms with Gasteiger partial charge in [0.15, 0.2) is 0 Å². The maximum absolute atomic E-state index is 12.1. The molecule has 1 aliphatic heterocycles. The van der Waals surface area contributed by atoms with E-state index >= 15 is 0 Å². The Labute approximate surface area is 144 Å². The molecule has 3 N–H and O–H groups in total. The van der Waals surface area contributed by atoms with Gasteiger partial charge in [0.2, 0.25) is 0 Å².